The molecule has 0 atom stereocenters. The van der Waals surface area contributed by atoms with Crippen molar-refractivity contribution < 1.29 is 23.1 Å². The zero-order valence-electron chi connectivity index (χ0n) is 9.56. The molecule has 0 bridgehead atoms. The van der Waals surface area contributed by atoms with E-state index < -0.39 is 24.9 Å². The van der Waals surface area contributed by atoms with Crippen LogP contribution in [-0.2, 0) is 4.79 Å². The van der Waals surface area contributed by atoms with Crippen LogP contribution in [0.4, 0.5) is 13.2 Å². The Bertz CT molecular complexity index is 287. The van der Waals surface area contributed by atoms with Crippen molar-refractivity contribution in [1.29, 1.82) is 0 Å². The van der Waals surface area contributed by atoms with Gasteiger partial charge in [0.05, 0.1) is 13.1 Å². The number of β-amino-alcohol motifs (C(OH)–C–C–N with tert-alkyl or cyclic N) is 1. The second kappa shape index (κ2) is 3.61. The summed E-state index contributed by atoms with van der Waals surface area (Å²) in [5.41, 5.74) is -2.97. The molecule has 6 heteroatoms. The average molecular weight is 239 g/mol. The van der Waals surface area contributed by atoms with Crippen LogP contribution >= 0.6 is 0 Å². The molecule has 3 nitrogen and oxygen atoms in total. The van der Waals surface area contributed by atoms with Gasteiger partial charge in [-0.05, 0) is 5.41 Å². The smallest absolute Gasteiger partial charge is 0.378 e. The monoisotopic (exact) mass is 239 g/mol. The lowest BCUT2D eigenvalue weighted by Crippen LogP contribution is -2.70. The van der Waals surface area contributed by atoms with Gasteiger partial charge in [-0.2, -0.15) is 13.2 Å². The van der Waals surface area contributed by atoms with Crippen molar-refractivity contribution in [3.63, 3.8) is 0 Å². The Morgan fingerprint density at radius 3 is 2.06 bits per heavy atom. The molecule has 1 N–H and O–H groups in total. The number of carbonyl (C=O) groups is 1. The maximum absolute atomic E-state index is 12.3. The normalized spacial score (nSPS) is 20.6. The largest absolute Gasteiger partial charge is 0.420 e. The van der Waals surface area contributed by atoms with Gasteiger partial charge in [0.1, 0.15) is 0 Å². The number of halogens is 3. The third-order valence-corrected chi connectivity index (χ3v) is 2.47. The molecule has 0 aromatic rings. The van der Waals surface area contributed by atoms with Gasteiger partial charge in [0, 0.05) is 6.42 Å². The Hall–Kier alpha value is -0.780. The van der Waals surface area contributed by atoms with Gasteiger partial charge in [0.2, 0.25) is 5.91 Å². The van der Waals surface area contributed by atoms with Crippen LogP contribution in [0.3, 0.4) is 0 Å². The Morgan fingerprint density at radius 1 is 1.31 bits per heavy atom. The number of nitrogens with zero attached hydrogens (tertiary/aromatic N) is 1. The van der Waals surface area contributed by atoms with Crippen molar-refractivity contribution in [2.45, 2.75) is 39.0 Å². The third kappa shape index (κ3) is 2.66. The first kappa shape index (κ1) is 13.3. The second-order valence-electron chi connectivity index (χ2n) is 5.52. The topological polar surface area (TPSA) is 40.5 Å². The van der Waals surface area contributed by atoms with E-state index in [1.165, 1.54) is 0 Å². The van der Waals surface area contributed by atoms with Gasteiger partial charge >= 0.3 is 6.18 Å². The minimum absolute atomic E-state index is 0.181. The van der Waals surface area contributed by atoms with E-state index in [1.807, 2.05) is 20.8 Å². The summed E-state index contributed by atoms with van der Waals surface area (Å²) in [5.74, 6) is -0.346. The van der Waals surface area contributed by atoms with E-state index >= 15 is 0 Å². The molecule has 0 aromatic heterocycles. The van der Waals surface area contributed by atoms with E-state index in [0.29, 0.717) is 0 Å². The quantitative estimate of drug-likeness (QED) is 0.754. The van der Waals surface area contributed by atoms with Gasteiger partial charge in [-0.25, -0.2) is 0 Å². The SMILES string of the molecule is CC(C)(C)CC(=O)N1CC(O)(C(F)(F)F)C1. The number of likely N-dealkylation sites (tertiary alicyclic amines) is 1. The predicted molar refractivity (Wildman–Crippen MR) is 51.7 cm³/mol. The number of amides is 1. The summed E-state index contributed by atoms with van der Waals surface area (Å²) in [6, 6.07) is 0. The van der Waals surface area contributed by atoms with E-state index in [-0.39, 0.29) is 17.7 Å². The van der Waals surface area contributed by atoms with Crippen molar-refractivity contribution in [3.8, 4) is 0 Å². The molecule has 1 rings (SSSR count). The molecule has 1 heterocycles. The predicted octanol–water partition coefficient (Wildman–Crippen LogP) is 1.56. The first-order chi connectivity index (χ1) is 6.95. The minimum Gasteiger partial charge on any atom is -0.378 e. The minimum atomic E-state index is -4.66. The van der Waals surface area contributed by atoms with Gasteiger partial charge < -0.3 is 10.0 Å². The van der Waals surface area contributed by atoms with Crippen molar-refractivity contribution in [2.24, 2.45) is 5.41 Å². The van der Waals surface area contributed by atoms with Crippen molar-refractivity contribution in [3.05, 3.63) is 0 Å². The summed E-state index contributed by atoms with van der Waals surface area (Å²) in [4.78, 5) is 12.5. The first-order valence-electron chi connectivity index (χ1n) is 5.01. The van der Waals surface area contributed by atoms with Crippen LogP contribution in [0.15, 0.2) is 0 Å². The molecule has 1 aliphatic heterocycles. The molecular weight excluding hydrogens is 223 g/mol. The molecular formula is C10H16F3NO2. The molecule has 0 aliphatic carbocycles. The van der Waals surface area contributed by atoms with E-state index in [0.717, 1.165) is 4.90 Å². The van der Waals surface area contributed by atoms with Crippen molar-refractivity contribution >= 4 is 5.91 Å². The van der Waals surface area contributed by atoms with E-state index in [9.17, 15) is 18.0 Å². The van der Waals surface area contributed by atoms with Crippen LogP contribution in [0, 0.1) is 5.41 Å². The highest BCUT2D eigenvalue weighted by Gasteiger charge is 2.62. The van der Waals surface area contributed by atoms with E-state index in [1.54, 1.807) is 0 Å². The Labute approximate surface area is 92.2 Å². The number of hydrogen-bond donors (Lipinski definition) is 1. The van der Waals surface area contributed by atoms with Gasteiger partial charge in [-0.15, -0.1) is 0 Å². The molecule has 0 radical (unpaired) electrons. The van der Waals surface area contributed by atoms with Gasteiger partial charge in [-0.1, -0.05) is 20.8 Å². The molecule has 0 unspecified atom stereocenters. The number of carbonyl (C=O) groups excluding carboxylic acids is 1. The zero-order valence-corrected chi connectivity index (χ0v) is 9.56. The Kier molecular flexibility index (Phi) is 3.00. The Balaban J connectivity index is 2.51. The summed E-state index contributed by atoms with van der Waals surface area (Å²) in [6.07, 6.45) is -4.48. The van der Waals surface area contributed by atoms with Gasteiger partial charge in [-0.3, -0.25) is 4.79 Å². The maximum atomic E-state index is 12.3. The number of rotatable bonds is 1. The molecule has 1 fully saturated rings. The van der Waals surface area contributed by atoms with Crippen LogP contribution in [0.5, 0.6) is 0 Å². The fraction of sp³-hybridized carbons (Fsp3) is 0.900. The molecule has 1 aliphatic rings. The van der Waals surface area contributed by atoms with Crippen LogP contribution in [0.1, 0.15) is 27.2 Å². The van der Waals surface area contributed by atoms with Crippen LogP contribution < -0.4 is 0 Å². The molecule has 0 aromatic carbocycles. The fourth-order valence-electron chi connectivity index (χ4n) is 1.51. The van der Waals surface area contributed by atoms with Crippen LogP contribution in [-0.4, -0.2) is 40.8 Å². The fourth-order valence-corrected chi connectivity index (χ4v) is 1.51. The van der Waals surface area contributed by atoms with Crippen LogP contribution in [0.25, 0.3) is 0 Å². The van der Waals surface area contributed by atoms with E-state index in [2.05, 4.69) is 0 Å². The molecule has 0 spiro atoms. The third-order valence-electron chi connectivity index (χ3n) is 2.47. The summed E-state index contributed by atoms with van der Waals surface area (Å²) in [6.45, 7) is 4.21. The molecule has 1 amide bonds. The number of hydrogen-bond acceptors (Lipinski definition) is 2. The lowest BCUT2D eigenvalue weighted by atomic mass is 9.88. The molecule has 1 saturated heterocycles. The average Bonchev–Trinajstić information content (AvgIpc) is 1.92. The highest BCUT2D eigenvalue weighted by Crippen LogP contribution is 2.38. The summed E-state index contributed by atoms with van der Waals surface area (Å²) in [7, 11) is 0. The number of alkyl halides is 3. The first-order valence-corrected chi connectivity index (χ1v) is 5.01. The highest BCUT2D eigenvalue weighted by molar-refractivity contribution is 5.78. The van der Waals surface area contributed by atoms with Crippen LogP contribution in [0.2, 0.25) is 0 Å². The zero-order chi connectivity index (χ0) is 12.8. The molecule has 0 saturated carbocycles. The summed E-state index contributed by atoms with van der Waals surface area (Å²) >= 11 is 0. The molecule has 16 heavy (non-hydrogen) atoms. The molecule has 94 valence electrons. The highest BCUT2D eigenvalue weighted by atomic mass is 19.4. The maximum Gasteiger partial charge on any atom is 0.420 e. The summed E-state index contributed by atoms with van der Waals surface area (Å²) in [5, 5.41) is 9.15. The lowest BCUT2D eigenvalue weighted by molar-refractivity contribution is -0.297. The van der Waals surface area contributed by atoms with Crippen molar-refractivity contribution in [2.75, 3.05) is 13.1 Å². The summed E-state index contributed by atoms with van der Waals surface area (Å²) < 4.78 is 36.8. The van der Waals surface area contributed by atoms with Gasteiger partial charge in [0.25, 0.3) is 0 Å². The lowest BCUT2D eigenvalue weighted by Gasteiger charge is -2.47. The second-order valence-corrected chi connectivity index (χ2v) is 5.52. The van der Waals surface area contributed by atoms with Gasteiger partial charge in [0.15, 0.2) is 5.60 Å². The van der Waals surface area contributed by atoms with E-state index in [4.69, 9.17) is 5.11 Å². The Morgan fingerprint density at radius 2 is 1.75 bits per heavy atom. The number of aliphatic hydroxyl groups is 1. The van der Waals surface area contributed by atoms with Crippen molar-refractivity contribution in [1.82, 2.24) is 4.90 Å². The standard InChI is InChI=1S/C10H16F3NO2/c1-8(2,3)4-7(15)14-5-9(16,6-14)10(11,12)13/h16H,4-6H2,1-3H3.